The predicted molar refractivity (Wildman–Crippen MR) is 61.1 cm³/mol. The molecule has 1 aromatic rings. The lowest BCUT2D eigenvalue weighted by atomic mass is 10.1. The van der Waals surface area contributed by atoms with Gasteiger partial charge in [-0.05, 0) is 18.6 Å². The van der Waals surface area contributed by atoms with E-state index in [2.05, 4.69) is 24.5 Å². The van der Waals surface area contributed by atoms with Crippen molar-refractivity contribution in [2.45, 2.75) is 13.8 Å². The van der Waals surface area contributed by atoms with E-state index in [1.54, 1.807) is 11.9 Å². The monoisotopic (exact) mass is 202 g/mol. The molecule has 1 aliphatic heterocycles. The van der Waals surface area contributed by atoms with E-state index < -0.39 is 0 Å². The summed E-state index contributed by atoms with van der Waals surface area (Å²) in [5.74, 6) is 0.0238. The molecule has 15 heavy (non-hydrogen) atoms. The molecule has 1 heterocycles. The third-order valence-corrected chi connectivity index (χ3v) is 2.57. The van der Waals surface area contributed by atoms with Crippen LogP contribution in [0.5, 0.6) is 0 Å². The molecule has 0 atom stereocenters. The van der Waals surface area contributed by atoms with Gasteiger partial charge in [0.2, 0.25) is 5.91 Å². The molecule has 0 spiro atoms. The number of carbonyl (C=O) groups excluding carboxylic acids is 1. The van der Waals surface area contributed by atoms with Gasteiger partial charge in [0.05, 0.1) is 12.2 Å². The third-order valence-electron chi connectivity index (χ3n) is 2.57. The van der Waals surface area contributed by atoms with Crippen LogP contribution in [0.2, 0.25) is 0 Å². The maximum absolute atomic E-state index is 11.3. The molecule has 0 saturated carbocycles. The van der Waals surface area contributed by atoms with Crippen molar-refractivity contribution in [1.82, 2.24) is 5.01 Å². The Kier molecular flexibility index (Phi) is 2.46. The van der Waals surface area contributed by atoms with Crippen LogP contribution in [0, 0.1) is 0 Å². The van der Waals surface area contributed by atoms with E-state index in [0.29, 0.717) is 6.54 Å². The highest BCUT2D eigenvalue weighted by molar-refractivity contribution is 5.81. The summed E-state index contributed by atoms with van der Waals surface area (Å²) in [7, 11) is 0. The number of nitrogens with zero attached hydrogens (tertiary/aromatic N) is 1. The number of hydrogen-bond acceptors (Lipinski definition) is 2. The fraction of sp³-hybridized carbons (Fsp3) is 0.250. The Balaban J connectivity index is 2.42. The van der Waals surface area contributed by atoms with E-state index >= 15 is 0 Å². The SMILES string of the molecule is CC(=O)N1CC=C(C)c2ccccc2N1. The number of fused-ring (bicyclic) bond motifs is 1. The Bertz CT molecular complexity index is 423. The molecule has 0 saturated heterocycles. The van der Waals surface area contributed by atoms with Crippen molar-refractivity contribution in [3.05, 3.63) is 35.9 Å². The van der Waals surface area contributed by atoms with Gasteiger partial charge in [-0.1, -0.05) is 24.3 Å². The molecule has 0 aliphatic carbocycles. The zero-order valence-electron chi connectivity index (χ0n) is 8.95. The molecule has 2 rings (SSSR count). The molecule has 3 nitrogen and oxygen atoms in total. The molecule has 1 N–H and O–H groups in total. The smallest absolute Gasteiger partial charge is 0.238 e. The van der Waals surface area contributed by atoms with Crippen molar-refractivity contribution < 1.29 is 4.79 Å². The van der Waals surface area contributed by atoms with Gasteiger partial charge >= 0.3 is 0 Å². The Morgan fingerprint density at radius 3 is 2.87 bits per heavy atom. The van der Waals surface area contributed by atoms with E-state index in [-0.39, 0.29) is 5.91 Å². The first-order valence-corrected chi connectivity index (χ1v) is 4.99. The van der Waals surface area contributed by atoms with Gasteiger partial charge in [-0.25, -0.2) is 0 Å². The van der Waals surface area contributed by atoms with E-state index in [1.807, 2.05) is 18.2 Å². The van der Waals surface area contributed by atoms with Gasteiger partial charge in [0, 0.05) is 12.5 Å². The predicted octanol–water partition coefficient (Wildman–Crippen LogP) is 2.28. The summed E-state index contributed by atoms with van der Waals surface area (Å²) in [6.45, 7) is 4.23. The second kappa shape index (κ2) is 3.77. The first-order valence-electron chi connectivity index (χ1n) is 4.99. The number of carbonyl (C=O) groups is 1. The third kappa shape index (κ3) is 1.86. The summed E-state index contributed by atoms with van der Waals surface area (Å²) in [5, 5.41) is 1.61. The molecule has 78 valence electrons. The molecule has 0 aromatic heterocycles. The zero-order chi connectivity index (χ0) is 10.8. The lowest BCUT2D eigenvalue weighted by molar-refractivity contribution is -0.127. The maximum Gasteiger partial charge on any atom is 0.238 e. The first kappa shape index (κ1) is 9.77. The molecule has 3 heteroatoms. The Morgan fingerprint density at radius 2 is 2.13 bits per heavy atom. The van der Waals surface area contributed by atoms with Gasteiger partial charge in [-0.15, -0.1) is 0 Å². The van der Waals surface area contributed by atoms with Gasteiger partial charge in [0.25, 0.3) is 0 Å². The van der Waals surface area contributed by atoms with Gasteiger partial charge < -0.3 is 0 Å². The number of hydrazine groups is 1. The van der Waals surface area contributed by atoms with Crippen LogP contribution >= 0.6 is 0 Å². The van der Waals surface area contributed by atoms with E-state index in [9.17, 15) is 4.79 Å². The largest absolute Gasteiger partial charge is 0.295 e. The average Bonchev–Trinajstić information content (AvgIpc) is 2.39. The number of anilines is 1. The van der Waals surface area contributed by atoms with Crippen molar-refractivity contribution in [3.63, 3.8) is 0 Å². The van der Waals surface area contributed by atoms with Crippen LogP contribution in [0.3, 0.4) is 0 Å². The van der Waals surface area contributed by atoms with Crippen LogP contribution < -0.4 is 5.43 Å². The molecule has 1 aromatic carbocycles. The van der Waals surface area contributed by atoms with E-state index in [0.717, 1.165) is 11.3 Å². The molecule has 0 bridgehead atoms. The van der Waals surface area contributed by atoms with E-state index in [4.69, 9.17) is 0 Å². The standard InChI is InChI=1S/C12H14N2O/c1-9-7-8-14(10(2)15)13-12-6-4-3-5-11(9)12/h3-7,13H,8H2,1-2H3. The van der Waals surface area contributed by atoms with Gasteiger partial charge in [0.1, 0.15) is 0 Å². The number of allylic oxidation sites excluding steroid dienone is 1. The Hall–Kier alpha value is -1.77. The van der Waals surface area contributed by atoms with Crippen molar-refractivity contribution >= 4 is 17.2 Å². The Morgan fingerprint density at radius 1 is 1.40 bits per heavy atom. The highest BCUT2D eigenvalue weighted by Gasteiger charge is 2.13. The van der Waals surface area contributed by atoms with Crippen LogP contribution in [-0.2, 0) is 4.79 Å². The highest BCUT2D eigenvalue weighted by Crippen LogP contribution is 2.26. The summed E-state index contributed by atoms with van der Waals surface area (Å²) in [5.41, 5.74) is 6.46. The highest BCUT2D eigenvalue weighted by atomic mass is 16.2. The van der Waals surface area contributed by atoms with Crippen LogP contribution in [0.25, 0.3) is 5.57 Å². The average molecular weight is 202 g/mol. The number of amides is 1. The molecule has 0 unspecified atom stereocenters. The molecule has 1 amide bonds. The molecule has 0 fully saturated rings. The van der Waals surface area contributed by atoms with Crippen LogP contribution in [0.4, 0.5) is 5.69 Å². The minimum absolute atomic E-state index is 0.0238. The summed E-state index contributed by atoms with van der Waals surface area (Å²) in [6, 6.07) is 8.00. The second-order valence-corrected chi connectivity index (χ2v) is 3.67. The van der Waals surface area contributed by atoms with Crippen LogP contribution in [0.15, 0.2) is 30.3 Å². The van der Waals surface area contributed by atoms with Crippen molar-refractivity contribution in [3.8, 4) is 0 Å². The molecular formula is C12H14N2O. The minimum Gasteiger partial charge on any atom is -0.295 e. The van der Waals surface area contributed by atoms with Gasteiger partial charge in [-0.2, -0.15) is 0 Å². The lowest BCUT2D eigenvalue weighted by Gasteiger charge is -2.20. The van der Waals surface area contributed by atoms with E-state index in [1.165, 1.54) is 5.57 Å². The van der Waals surface area contributed by atoms with Crippen molar-refractivity contribution in [2.75, 3.05) is 12.0 Å². The number of benzene rings is 1. The van der Waals surface area contributed by atoms with Crippen molar-refractivity contribution in [1.29, 1.82) is 0 Å². The fourth-order valence-electron chi connectivity index (χ4n) is 1.66. The second-order valence-electron chi connectivity index (χ2n) is 3.67. The normalized spacial score (nSPS) is 14.8. The molecule has 0 radical (unpaired) electrons. The summed E-state index contributed by atoms with van der Waals surface area (Å²) < 4.78 is 0. The molecular weight excluding hydrogens is 188 g/mol. The summed E-state index contributed by atoms with van der Waals surface area (Å²) in [4.78, 5) is 11.3. The fourth-order valence-corrected chi connectivity index (χ4v) is 1.66. The van der Waals surface area contributed by atoms with Gasteiger partial charge in [0.15, 0.2) is 0 Å². The zero-order valence-corrected chi connectivity index (χ0v) is 8.95. The van der Waals surface area contributed by atoms with Crippen molar-refractivity contribution in [2.24, 2.45) is 0 Å². The number of rotatable bonds is 0. The topological polar surface area (TPSA) is 32.3 Å². The van der Waals surface area contributed by atoms with Gasteiger partial charge in [-0.3, -0.25) is 15.2 Å². The van der Waals surface area contributed by atoms with Crippen LogP contribution in [-0.4, -0.2) is 17.5 Å². The summed E-state index contributed by atoms with van der Waals surface area (Å²) in [6.07, 6.45) is 2.06. The summed E-state index contributed by atoms with van der Waals surface area (Å²) >= 11 is 0. The first-order chi connectivity index (χ1) is 7.18. The van der Waals surface area contributed by atoms with Crippen LogP contribution in [0.1, 0.15) is 19.4 Å². The maximum atomic E-state index is 11.3. The Labute approximate surface area is 89.4 Å². The number of para-hydroxylation sites is 1. The number of nitrogens with one attached hydrogen (secondary N) is 1. The lowest BCUT2D eigenvalue weighted by Crippen LogP contribution is -2.33. The molecule has 1 aliphatic rings. The number of hydrogen-bond donors (Lipinski definition) is 1. The minimum atomic E-state index is 0.0238. The quantitative estimate of drug-likeness (QED) is 0.700.